The van der Waals surface area contributed by atoms with Gasteiger partial charge in [-0.3, -0.25) is 0 Å². The average molecular weight is 249 g/mol. The molecule has 0 unspecified atom stereocenters. The molecule has 1 heterocycles. The van der Waals surface area contributed by atoms with Crippen LogP contribution in [0.1, 0.15) is 12.8 Å². The van der Waals surface area contributed by atoms with Gasteiger partial charge in [-0.25, -0.2) is 4.72 Å². The average Bonchev–Trinajstić information content (AvgIpc) is 3.09. The van der Waals surface area contributed by atoms with Crippen molar-refractivity contribution in [3.8, 4) is 0 Å². The molecule has 2 fully saturated rings. The van der Waals surface area contributed by atoms with Crippen LogP contribution in [0.25, 0.3) is 0 Å². The molecule has 6 nitrogen and oxygen atoms in total. The monoisotopic (exact) mass is 249 g/mol. The van der Waals surface area contributed by atoms with Gasteiger partial charge in [0.1, 0.15) is 0 Å². The summed E-state index contributed by atoms with van der Waals surface area (Å²) in [5, 5.41) is 0. The first-order valence-corrected chi connectivity index (χ1v) is 7.05. The zero-order valence-corrected chi connectivity index (χ0v) is 10.1. The Balaban J connectivity index is 1.87. The van der Waals surface area contributed by atoms with Crippen LogP contribution in [-0.2, 0) is 14.9 Å². The van der Waals surface area contributed by atoms with Crippen molar-refractivity contribution in [2.24, 2.45) is 11.1 Å². The molecule has 3 N–H and O–H groups in total. The van der Waals surface area contributed by atoms with Gasteiger partial charge in [-0.2, -0.15) is 12.7 Å². The Bertz CT molecular complexity index is 334. The first kappa shape index (κ1) is 12.3. The van der Waals surface area contributed by atoms with Crippen molar-refractivity contribution in [2.75, 3.05) is 39.4 Å². The topological polar surface area (TPSA) is 84.7 Å². The molecule has 1 saturated heterocycles. The number of hydrogen-bond donors (Lipinski definition) is 2. The Morgan fingerprint density at radius 2 is 1.94 bits per heavy atom. The van der Waals surface area contributed by atoms with E-state index in [0.717, 1.165) is 12.8 Å². The Morgan fingerprint density at radius 3 is 2.44 bits per heavy atom. The molecule has 0 aromatic heterocycles. The zero-order chi connectivity index (χ0) is 11.6. The van der Waals surface area contributed by atoms with Gasteiger partial charge >= 0.3 is 0 Å². The lowest BCUT2D eigenvalue weighted by Gasteiger charge is -2.27. The van der Waals surface area contributed by atoms with Gasteiger partial charge in [0.05, 0.1) is 13.2 Å². The molecule has 0 spiro atoms. The third-order valence-electron chi connectivity index (χ3n) is 3.33. The second-order valence-electron chi connectivity index (χ2n) is 4.54. The van der Waals surface area contributed by atoms with Crippen molar-refractivity contribution in [3.05, 3.63) is 0 Å². The third-order valence-corrected chi connectivity index (χ3v) is 4.88. The highest BCUT2D eigenvalue weighted by molar-refractivity contribution is 7.87. The number of hydrogen-bond acceptors (Lipinski definition) is 4. The van der Waals surface area contributed by atoms with Crippen molar-refractivity contribution in [2.45, 2.75) is 12.8 Å². The lowest BCUT2D eigenvalue weighted by atomic mass is 10.1. The quantitative estimate of drug-likeness (QED) is 0.647. The Hall–Kier alpha value is -0.210. The minimum absolute atomic E-state index is 0.0271. The molecular weight excluding hydrogens is 230 g/mol. The Kier molecular flexibility index (Phi) is 3.50. The second kappa shape index (κ2) is 4.58. The molecule has 2 rings (SSSR count). The highest BCUT2D eigenvalue weighted by atomic mass is 32.2. The van der Waals surface area contributed by atoms with Crippen molar-refractivity contribution in [1.29, 1.82) is 0 Å². The summed E-state index contributed by atoms with van der Waals surface area (Å²) in [4.78, 5) is 0. The molecule has 94 valence electrons. The molecule has 1 aliphatic carbocycles. The molecule has 0 aromatic carbocycles. The minimum atomic E-state index is -3.34. The van der Waals surface area contributed by atoms with E-state index in [1.165, 1.54) is 4.31 Å². The van der Waals surface area contributed by atoms with Gasteiger partial charge < -0.3 is 10.5 Å². The fraction of sp³-hybridized carbons (Fsp3) is 1.00. The predicted octanol–water partition coefficient (Wildman–Crippen LogP) is -1.11. The van der Waals surface area contributed by atoms with Crippen molar-refractivity contribution in [1.82, 2.24) is 9.03 Å². The summed E-state index contributed by atoms with van der Waals surface area (Å²) >= 11 is 0. The molecule has 1 saturated carbocycles. The van der Waals surface area contributed by atoms with E-state index in [9.17, 15) is 8.42 Å². The van der Waals surface area contributed by atoms with Crippen molar-refractivity contribution >= 4 is 10.2 Å². The highest BCUT2D eigenvalue weighted by Crippen LogP contribution is 2.43. The van der Waals surface area contributed by atoms with Gasteiger partial charge in [0.2, 0.25) is 0 Å². The summed E-state index contributed by atoms with van der Waals surface area (Å²) in [6.07, 6.45) is 2.05. The number of morpholine rings is 1. The molecule has 0 aromatic rings. The van der Waals surface area contributed by atoms with Crippen LogP contribution >= 0.6 is 0 Å². The van der Waals surface area contributed by atoms with Crippen LogP contribution in [0.15, 0.2) is 0 Å². The van der Waals surface area contributed by atoms with Gasteiger partial charge in [0.15, 0.2) is 0 Å². The summed E-state index contributed by atoms with van der Waals surface area (Å²) in [6, 6.07) is 0. The standard InChI is InChI=1S/C9H19N3O3S/c10-7-9(1-2-9)8-11-16(13,14)12-3-5-15-6-4-12/h11H,1-8,10H2. The summed E-state index contributed by atoms with van der Waals surface area (Å²) in [7, 11) is -3.34. The van der Waals surface area contributed by atoms with Gasteiger partial charge in [-0.15, -0.1) is 0 Å². The largest absolute Gasteiger partial charge is 0.379 e. The zero-order valence-electron chi connectivity index (χ0n) is 9.31. The van der Waals surface area contributed by atoms with E-state index in [0.29, 0.717) is 39.4 Å². The van der Waals surface area contributed by atoms with Crippen molar-refractivity contribution in [3.63, 3.8) is 0 Å². The fourth-order valence-corrected chi connectivity index (χ4v) is 3.05. The van der Waals surface area contributed by atoms with Gasteiger partial charge in [0.25, 0.3) is 10.2 Å². The van der Waals surface area contributed by atoms with E-state index in [4.69, 9.17) is 10.5 Å². The van der Waals surface area contributed by atoms with Gasteiger partial charge in [0, 0.05) is 19.6 Å². The summed E-state index contributed by atoms with van der Waals surface area (Å²) in [5.41, 5.74) is 5.64. The van der Waals surface area contributed by atoms with E-state index >= 15 is 0 Å². The minimum Gasteiger partial charge on any atom is -0.379 e. The van der Waals surface area contributed by atoms with Crippen LogP contribution in [0.4, 0.5) is 0 Å². The first-order chi connectivity index (χ1) is 7.58. The maximum atomic E-state index is 11.9. The molecule has 0 radical (unpaired) electrons. The first-order valence-electron chi connectivity index (χ1n) is 5.61. The van der Waals surface area contributed by atoms with Gasteiger partial charge in [-0.1, -0.05) is 0 Å². The van der Waals surface area contributed by atoms with Crippen molar-refractivity contribution < 1.29 is 13.2 Å². The molecule has 2 aliphatic rings. The number of nitrogens with zero attached hydrogens (tertiary/aromatic N) is 1. The SMILES string of the molecule is NCC1(CNS(=O)(=O)N2CCOCC2)CC1. The molecule has 16 heavy (non-hydrogen) atoms. The lowest BCUT2D eigenvalue weighted by molar-refractivity contribution is 0.0724. The molecule has 0 bridgehead atoms. The predicted molar refractivity (Wildman–Crippen MR) is 60.0 cm³/mol. The highest BCUT2D eigenvalue weighted by Gasteiger charge is 2.42. The van der Waals surface area contributed by atoms with E-state index in [1.54, 1.807) is 0 Å². The van der Waals surface area contributed by atoms with Gasteiger partial charge in [-0.05, 0) is 24.8 Å². The molecular formula is C9H19N3O3S. The second-order valence-corrected chi connectivity index (χ2v) is 6.30. The lowest BCUT2D eigenvalue weighted by Crippen LogP contribution is -2.48. The van der Waals surface area contributed by atoms with Crippen LogP contribution in [0.2, 0.25) is 0 Å². The fourth-order valence-electron chi connectivity index (χ4n) is 1.75. The smallest absolute Gasteiger partial charge is 0.279 e. The van der Waals surface area contributed by atoms with E-state index in [-0.39, 0.29) is 5.41 Å². The number of ether oxygens (including phenoxy) is 1. The normalized spacial score (nSPS) is 25.6. The van der Waals surface area contributed by atoms with E-state index in [2.05, 4.69) is 4.72 Å². The molecule has 0 atom stereocenters. The Labute approximate surface area is 96.3 Å². The van der Waals surface area contributed by atoms with Crippen LogP contribution in [-0.4, -0.2) is 52.1 Å². The van der Waals surface area contributed by atoms with Crippen LogP contribution < -0.4 is 10.5 Å². The van der Waals surface area contributed by atoms with E-state index in [1.807, 2.05) is 0 Å². The molecule has 0 amide bonds. The summed E-state index contributed by atoms with van der Waals surface area (Å²) < 4.78 is 33.0. The van der Waals surface area contributed by atoms with Crippen LogP contribution in [0, 0.1) is 5.41 Å². The summed E-state index contributed by atoms with van der Waals surface area (Å²) in [5.74, 6) is 0. The summed E-state index contributed by atoms with van der Waals surface area (Å²) in [6.45, 7) is 2.84. The third kappa shape index (κ3) is 2.72. The van der Waals surface area contributed by atoms with Crippen LogP contribution in [0.5, 0.6) is 0 Å². The van der Waals surface area contributed by atoms with Crippen LogP contribution in [0.3, 0.4) is 0 Å². The van der Waals surface area contributed by atoms with E-state index < -0.39 is 10.2 Å². The molecule has 7 heteroatoms. The maximum absolute atomic E-state index is 11.9. The number of nitrogens with two attached hydrogens (primary N) is 1. The molecule has 1 aliphatic heterocycles. The Morgan fingerprint density at radius 1 is 1.31 bits per heavy atom. The maximum Gasteiger partial charge on any atom is 0.279 e. The number of rotatable bonds is 5. The number of nitrogens with one attached hydrogen (secondary N) is 1.